The van der Waals surface area contributed by atoms with Crippen molar-refractivity contribution >= 4 is 26.8 Å². The van der Waals surface area contributed by atoms with Gasteiger partial charge in [-0.1, -0.05) is 15.9 Å². The van der Waals surface area contributed by atoms with Crippen molar-refractivity contribution < 1.29 is 4.74 Å². The Balaban J connectivity index is 2.06. The molecule has 0 aliphatic carbocycles. The molecule has 0 spiro atoms. The summed E-state index contributed by atoms with van der Waals surface area (Å²) in [6.07, 6.45) is 4.46. The number of nitrogens with zero attached hydrogens (tertiary/aromatic N) is 2. The van der Waals surface area contributed by atoms with E-state index < -0.39 is 5.41 Å². The molecule has 4 heteroatoms. The van der Waals surface area contributed by atoms with Crippen LogP contribution < -0.4 is 0 Å². The van der Waals surface area contributed by atoms with E-state index in [1.807, 2.05) is 0 Å². The minimum atomic E-state index is -0.439. The maximum Gasteiger partial charge on any atom is 0.131 e. The van der Waals surface area contributed by atoms with Crippen LogP contribution in [-0.4, -0.2) is 17.8 Å². The second-order valence-corrected chi connectivity index (χ2v) is 6.40. The fourth-order valence-corrected chi connectivity index (χ4v) is 3.77. The topological polar surface area (TPSA) is 38.0 Å². The van der Waals surface area contributed by atoms with Crippen LogP contribution in [0.2, 0.25) is 0 Å². The number of aryl methyl sites for hydroxylation is 2. The van der Waals surface area contributed by atoms with Crippen LogP contribution in [0.1, 0.15) is 17.5 Å². The van der Waals surface area contributed by atoms with Crippen molar-refractivity contribution in [2.75, 3.05) is 13.2 Å². The molecular formula is C15H13BrN2O. The zero-order chi connectivity index (χ0) is 13.0. The molecule has 4 rings (SSSR count). The third-order valence-electron chi connectivity index (χ3n) is 4.29. The summed E-state index contributed by atoms with van der Waals surface area (Å²) in [6, 6.07) is 6.82. The van der Waals surface area contributed by atoms with Crippen molar-refractivity contribution in [3.63, 3.8) is 0 Å². The summed E-state index contributed by atoms with van der Waals surface area (Å²) < 4.78 is 8.72. The number of ether oxygens (including phenoxy) is 1. The van der Waals surface area contributed by atoms with E-state index in [1.54, 1.807) is 0 Å². The third-order valence-corrected chi connectivity index (χ3v) is 4.75. The number of benzene rings is 1. The molecule has 2 aromatic rings. The molecule has 19 heavy (non-hydrogen) atoms. The fraction of sp³-hybridized carbons (Fsp3) is 0.400. The highest BCUT2D eigenvalue weighted by Gasteiger charge is 2.43. The lowest BCUT2D eigenvalue weighted by atomic mass is 9.80. The summed E-state index contributed by atoms with van der Waals surface area (Å²) in [5.41, 5.74) is 3.40. The SMILES string of the molecule is N#CC1(c2cn3c4c(cc(Br)cc24)CCC3)COC1. The van der Waals surface area contributed by atoms with Gasteiger partial charge >= 0.3 is 0 Å². The summed E-state index contributed by atoms with van der Waals surface area (Å²) in [4.78, 5) is 0. The second-order valence-electron chi connectivity index (χ2n) is 5.49. The first kappa shape index (κ1) is 11.5. The molecule has 2 aliphatic rings. The Morgan fingerprint density at radius 3 is 2.89 bits per heavy atom. The first-order chi connectivity index (χ1) is 9.23. The molecular weight excluding hydrogens is 304 g/mol. The summed E-state index contributed by atoms with van der Waals surface area (Å²) in [7, 11) is 0. The van der Waals surface area contributed by atoms with Gasteiger partial charge in [-0.3, -0.25) is 0 Å². The minimum absolute atomic E-state index is 0.439. The molecule has 0 amide bonds. The molecule has 0 atom stereocenters. The lowest BCUT2D eigenvalue weighted by Crippen LogP contribution is -2.45. The molecule has 1 saturated heterocycles. The van der Waals surface area contributed by atoms with Gasteiger partial charge in [0.1, 0.15) is 5.41 Å². The zero-order valence-electron chi connectivity index (χ0n) is 10.4. The first-order valence-electron chi connectivity index (χ1n) is 6.54. The lowest BCUT2D eigenvalue weighted by molar-refractivity contribution is -0.0292. The van der Waals surface area contributed by atoms with E-state index >= 15 is 0 Å². The van der Waals surface area contributed by atoms with Crippen molar-refractivity contribution in [1.29, 1.82) is 5.26 Å². The van der Waals surface area contributed by atoms with Crippen LogP contribution >= 0.6 is 15.9 Å². The first-order valence-corrected chi connectivity index (χ1v) is 7.34. The van der Waals surface area contributed by atoms with Gasteiger partial charge in [0, 0.05) is 28.2 Å². The van der Waals surface area contributed by atoms with Crippen LogP contribution in [0.15, 0.2) is 22.8 Å². The van der Waals surface area contributed by atoms with E-state index in [2.05, 4.69) is 44.9 Å². The molecule has 2 aliphatic heterocycles. The largest absolute Gasteiger partial charge is 0.377 e. The summed E-state index contributed by atoms with van der Waals surface area (Å²) in [6.45, 7) is 2.09. The maximum atomic E-state index is 9.53. The highest BCUT2D eigenvalue weighted by atomic mass is 79.9. The molecule has 0 saturated carbocycles. The highest BCUT2D eigenvalue weighted by molar-refractivity contribution is 9.10. The van der Waals surface area contributed by atoms with Gasteiger partial charge in [-0.2, -0.15) is 5.26 Å². The van der Waals surface area contributed by atoms with Crippen molar-refractivity contribution in [2.45, 2.75) is 24.8 Å². The van der Waals surface area contributed by atoms with Gasteiger partial charge in [-0.25, -0.2) is 0 Å². The summed E-state index contributed by atoms with van der Waals surface area (Å²) in [5, 5.41) is 10.8. The smallest absolute Gasteiger partial charge is 0.131 e. The van der Waals surface area contributed by atoms with Crippen LogP contribution in [0.4, 0.5) is 0 Å². The van der Waals surface area contributed by atoms with E-state index in [1.165, 1.54) is 22.9 Å². The lowest BCUT2D eigenvalue weighted by Gasteiger charge is -2.34. The molecule has 0 radical (unpaired) electrons. The number of aromatic nitrogens is 1. The van der Waals surface area contributed by atoms with E-state index in [-0.39, 0.29) is 0 Å². The maximum absolute atomic E-state index is 9.53. The average molecular weight is 317 g/mol. The minimum Gasteiger partial charge on any atom is -0.377 e. The van der Waals surface area contributed by atoms with Crippen molar-refractivity contribution in [3.8, 4) is 6.07 Å². The number of nitriles is 1. The Kier molecular flexibility index (Phi) is 2.33. The van der Waals surface area contributed by atoms with Crippen molar-refractivity contribution in [2.24, 2.45) is 0 Å². The summed E-state index contributed by atoms with van der Waals surface area (Å²) >= 11 is 3.60. The molecule has 1 aromatic heterocycles. The summed E-state index contributed by atoms with van der Waals surface area (Å²) in [5.74, 6) is 0. The molecule has 3 nitrogen and oxygen atoms in total. The second kappa shape index (κ2) is 3.84. The number of rotatable bonds is 1. The molecule has 1 fully saturated rings. The molecule has 0 bridgehead atoms. The molecule has 96 valence electrons. The van der Waals surface area contributed by atoms with Gasteiger partial charge in [0.25, 0.3) is 0 Å². The predicted octanol–water partition coefficient (Wildman–Crippen LogP) is 3.14. The molecule has 0 unspecified atom stereocenters. The Labute approximate surface area is 119 Å². The number of hydrogen-bond donors (Lipinski definition) is 0. The Morgan fingerprint density at radius 2 is 2.21 bits per heavy atom. The van der Waals surface area contributed by atoms with Gasteiger partial charge in [-0.05, 0) is 30.5 Å². The Bertz CT molecular complexity index is 722. The number of halogens is 1. The number of hydrogen-bond acceptors (Lipinski definition) is 2. The highest BCUT2D eigenvalue weighted by Crippen LogP contribution is 2.41. The van der Waals surface area contributed by atoms with Gasteiger partial charge in [-0.15, -0.1) is 0 Å². The van der Waals surface area contributed by atoms with Crippen molar-refractivity contribution in [1.82, 2.24) is 4.57 Å². The third kappa shape index (κ3) is 1.46. The Morgan fingerprint density at radius 1 is 1.37 bits per heavy atom. The zero-order valence-corrected chi connectivity index (χ0v) is 12.0. The van der Waals surface area contributed by atoms with Crippen LogP contribution in [0.3, 0.4) is 0 Å². The van der Waals surface area contributed by atoms with Crippen molar-refractivity contribution in [3.05, 3.63) is 33.9 Å². The van der Waals surface area contributed by atoms with Crippen LogP contribution in [-0.2, 0) is 23.1 Å². The fourth-order valence-electron chi connectivity index (χ4n) is 3.26. The van der Waals surface area contributed by atoms with Crippen LogP contribution in [0.25, 0.3) is 10.9 Å². The van der Waals surface area contributed by atoms with Gasteiger partial charge in [0.15, 0.2) is 0 Å². The van der Waals surface area contributed by atoms with E-state index in [4.69, 9.17) is 4.74 Å². The van der Waals surface area contributed by atoms with E-state index in [9.17, 15) is 5.26 Å². The van der Waals surface area contributed by atoms with Gasteiger partial charge in [0.05, 0.1) is 24.8 Å². The monoisotopic (exact) mass is 316 g/mol. The standard InChI is InChI=1S/C15H13BrN2O/c16-11-4-10-2-1-3-18-6-13(12(5-11)14(10)18)15(7-17)8-19-9-15/h4-6H,1-3,8-9H2. The van der Waals surface area contributed by atoms with Gasteiger partial charge in [0.2, 0.25) is 0 Å². The van der Waals surface area contributed by atoms with Crippen LogP contribution in [0, 0.1) is 11.3 Å². The van der Waals surface area contributed by atoms with Crippen LogP contribution in [0.5, 0.6) is 0 Å². The van der Waals surface area contributed by atoms with Gasteiger partial charge < -0.3 is 9.30 Å². The molecule has 3 heterocycles. The molecule has 0 N–H and O–H groups in total. The van der Waals surface area contributed by atoms with E-state index in [0.29, 0.717) is 13.2 Å². The normalized spacial score (nSPS) is 20.0. The quantitative estimate of drug-likeness (QED) is 0.810. The average Bonchev–Trinajstić information content (AvgIpc) is 2.70. The predicted molar refractivity (Wildman–Crippen MR) is 76.1 cm³/mol. The van der Waals surface area contributed by atoms with E-state index in [0.717, 1.165) is 23.0 Å². The molecule has 1 aromatic carbocycles. The Hall–Kier alpha value is -1.31.